The van der Waals surface area contributed by atoms with Gasteiger partial charge in [-0.1, -0.05) is 0 Å². The Labute approximate surface area is 94.2 Å². The normalized spacial score (nSPS) is 11.9. The van der Waals surface area contributed by atoms with Crippen LogP contribution >= 0.6 is 0 Å². The van der Waals surface area contributed by atoms with Gasteiger partial charge in [-0.05, 0) is 19.1 Å². The summed E-state index contributed by atoms with van der Waals surface area (Å²) in [5, 5.41) is 2.78. The Bertz CT molecular complexity index is 339. The van der Waals surface area contributed by atoms with Gasteiger partial charge in [0.15, 0.2) is 0 Å². The van der Waals surface area contributed by atoms with Crippen LogP contribution in [-0.2, 0) is 4.74 Å². The second kappa shape index (κ2) is 6.04. The first-order valence-corrected chi connectivity index (χ1v) is 4.90. The molecule has 1 atom stereocenters. The molecule has 6 heteroatoms. The predicted molar refractivity (Wildman–Crippen MR) is 60.9 cm³/mol. The number of carbonyl (C=O) groups excluding carboxylic acids is 1. The van der Waals surface area contributed by atoms with Crippen LogP contribution in [0.2, 0.25) is 0 Å². The summed E-state index contributed by atoms with van der Waals surface area (Å²) in [6, 6.07) is 3.25. The van der Waals surface area contributed by atoms with E-state index in [9.17, 15) is 4.79 Å². The van der Waals surface area contributed by atoms with Crippen molar-refractivity contribution < 1.29 is 9.53 Å². The van der Waals surface area contributed by atoms with Gasteiger partial charge in [0.25, 0.3) is 5.91 Å². The molecule has 1 unspecified atom stereocenters. The predicted octanol–water partition coefficient (Wildman–Crippen LogP) is 0.132. The number of nitrogen functional groups attached to an aromatic ring is 1. The zero-order valence-corrected chi connectivity index (χ0v) is 9.36. The van der Waals surface area contributed by atoms with Gasteiger partial charge in [0.2, 0.25) is 0 Å². The average Bonchev–Trinajstić information content (AvgIpc) is 2.29. The molecule has 0 radical (unpaired) electrons. The number of hydrogen-bond acceptors (Lipinski definition) is 5. The molecule has 0 saturated heterocycles. The van der Waals surface area contributed by atoms with Gasteiger partial charge in [0.1, 0.15) is 5.82 Å². The molecule has 1 aromatic heterocycles. The quantitative estimate of drug-likeness (QED) is 0.488. The Hall–Kier alpha value is -1.66. The number of methoxy groups -OCH3 is 1. The Morgan fingerprint density at radius 3 is 2.88 bits per heavy atom. The maximum Gasteiger partial charge on any atom is 0.253 e. The van der Waals surface area contributed by atoms with Crippen molar-refractivity contribution in [2.75, 3.05) is 19.1 Å². The van der Waals surface area contributed by atoms with Crippen molar-refractivity contribution in [1.29, 1.82) is 0 Å². The van der Waals surface area contributed by atoms with Gasteiger partial charge < -0.3 is 15.5 Å². The number of pyridine rings is 1. The highest BCUT2D eigenvalue weighted by atomic mass is 16.5. The van der Waals surface area contributed by atoms with E-state index in [0.29, 0.717) is 18.0 Å². The van der Waals surface area contributed by atoms with Crippen molar-refractivity contribution >= 4 is 11.7 Å². The minimum absolute atomic E-state index is 0.0372. The molecule has 0 saturated carbocycles. The van der Waals surface area contributed by atoms with Crippen LogP contribution in [0.25, 0.3) is 0 Å². The minimum atomic E-state index is -0.180. The molecular weight excluding hydrogens is 208 g/mol. The van der Waals surface area contributed by atoms with E-state index in [4.69, 9.17) is 10.6 Å². The average molecular weight is 224 g/mol. The monoisotopic (exact) mass is 224 g/mol. The van der Waals surface area contributed by atoms with Gasteiger partial charge in [-0.15, -0.1) is 0 Å². The third kappa shape index (κ3) is 3.48. The van der Waals surface area contributed by atoms with Crippen LogP contribution in [-0.4, -0.2) is 30.6 Å². The molecule has 1 rings (SSSR count). The fraction of sp³-hybridized carbons (Fsp3) is 0.400. The van der Waals surface area contributed by atoms with E-state index >= 15 is 0 Å². The number of amides is 1. The second-order valence-electron chi connectivity index (χ2n) is 3.41. The minimum Gasteiger partial charge on any atom is -0.383 e. The fourth-order valence-corrected chi connectivity index (χ4v) is 1.21. The summed E-state index contributed by atoms with van der Waals surface area (Å²) in [7, 11) is 1.59. The SMILES string of the molecule is COCC(C)NC(=O)c1ccc(NN)nc1. The van der Waals surface area contributed by atoms with Crippen molar-refractivity contribution in [3.8, 4) is 0 Å². The van der Waals surface area contributed by atoms with E-state index in [-0.39, 0.29) is 11.9 Å². The van der Waals surface area contributed by atoms with Crippen molar-refractivity contribution in [3.63, 3.8) is 0 Å². The first kappa shape index (κ1) is 12.4. The van der Waals surface area contributed by atoms with Crippen LogP contribution in [0.1, 0.15) is 17.3 Å². The molecule has 0 spiro atoms. The molecule has 0 aliphatic heterocycles. The van der Waals surface area contributed by atoms with Crippen LogP contribution < -0.4 is 16.6 Å². The van der Waals surface area contributed by atoms with Crippen LogP contribution in [0.4, 0.5) is 5.82 Å². The summed E-state index contributed by atoms with van der Waals surface area (Å²) in [4.78, 5) is 15.6. The Morgan fingerprint density at radius 1 is 1.62 bits per heavy atom. The zero-order valence-electron chi connectivity index (χ0n) is 9.36. The number of aromatic nitrogens is 1. The van der Waals surface area contributed by atoms with Crippen LogP contribution in [0.5, 0.6) is 0 Å². The van der Waals surface area contributed by atoms with E-state index in [1.165, 1.54) is 6.20 Å². The number of hydrazine groups is 1. The zero-order chi connectivity index (χ0) is 12.0. The molecule has 1 aromatic rings. The maximum absolute atomic E-state index is 11.7. The van der Waals surface area contributed by atoms with Crippen LogP contribution in [0.15, 0.2) is 18.3 Å². The largest absolute Gasteiger partial charge is 0.383 e. The van der Waals surface area contributed by atoms with Gasteiger partial charge in [0.05, 0.1) is 12.2 Å². The molecule has 1 heterocycles. The maximum atomic E-state index is 11.7. The number of rotatable bonds is 5. The van der Waals surface area contributed by atoms with Gasteiger partial charge in [-0.25, -0.2) is 10.8 Å². The third-order valence-electron chi connectivity index (χ3n) is 1.97. The Kier molecular flexibility index (Phi) is 4.68. The lowest BCUT2D eigenvalue weighted by molar-refractivity contribution is 0.0905. The van der Waals surface area contributed by atoms with Crippen LogP contribution in [0.3, 0.4) is 0 Å². The lowest BCUT2D eigenvalue weighted by Crippen LogP contribution is -2.35. The summed E-state index contributed by atoms with van der Waals surface area (Å²) in [6.45, 7) is 2.34. The highest BCUT2D eigenvalue weighted by Crippen LogP contribution is 2.03. The molecule has 1 amide bonds. The molecular formula is C10H16N4O2. The number of nitrogens with two attached hydrogens (primary N) is 1. The van der Waals surface area contributed by atoms with Crippen molar-refractivity contribution in [2.45, 2.75) is 13.0 Å². The Balaban J connectivity index is 2.59. The molecule has 0 bridgehead atoms. The molecule has 0 aliphatic carbocycles. The first-order chi connectivity index (χ1) is 7.67. The lowest BCUT2D eigenvalue weighted by atomic mass is 10.2. The molecule has 0 aliphatic rings. The van der Waals surface area contributed by atoms with Gasteiger partial charge in [-0.3, -0.25) is 4.79 Å². The van der Waals surface area contributed by atoms with E-state index in [2.05, 4.69) is 15.7 Å². The van der Waals surface area contributed by atoms with Crippen molar-refractivity contribution in [2.24, 2.45) is 5.84 Å². The van der Waals surface area contributed by atoms with Gasteiger partial charge >= 0.3 is 0 Å². The van der Waals surface area contributed by atoms with E-state index in [0.717, 1.165) is 0 Å². The summed E-state index contributed by atoms with van der Waals surface area (Å²) in [5.74, 6) is 5.50. The number of anilines is 1. The van der Waals surface area contributed by atoms with E-state index < -0.39 is 0 Å². The van der Waals surface area contributed by atoms with Crippen molar-refractivity contribution in [3.05, 3.63) is 23.9 Å². The molecule has 0 fully saturated rings. The Morgan fingerprint density at radius 2 is 2.38 bits per heavy atom. The number of hydrogen-bond donors (Lipinski definition) is 3. The molecule has 4 N–H and O–H groups in total. The molecule has 0 aromatic carbocycles. The summed E-state index contributed by atoms with van der Waals surface area (Å²) in [6.07, 6.45) is 1.46. The number of nitrogens with one attached hydrogen (secondary N) is 2. The number of ether oxygens (including phenoxy) is 1. The molecule has 88 valence electrons. The fourth-order valence-electron chi connectivity index (χ4n) is 1.21. The summed E-state index contributed by atoms with van der Waals surface area (Å²) < 4.78 is 4.92. The highest BCUT2D eigenvalue weighted by molar-refractivity contribution is 5.94. The van der Waals surface area contributed by atoms with Gasteiger partial charge in [0, 0.05) is 19.3 Å². The standard InChI is InChI=1S/C10H16N4O2/c1-7(6-16-2)13-10(15)8-3-4-9(14-11)12-5-8/h3-5,7H,6,11H2,1-2H3,(H,12,14)(H,13,15). The smallest absolute Gasteiger partial charge is 0.253 e. The molecule has 16 heavy (non-hydrogen) atoms. The van der Waals surface area contributed by atoms with Crippen molar-refractivity contribution in [1.82, 2.24) is 10.3 Å². The highest BCUT2D eigenvalue weighted by Gasteiger charge is 2.09. The van der Waals surface area contributed by atoms with Crippen LogP contribution in [0, 0.1) is 0 Å². The van der Waals surface area contributed by atoms with E-state index in [1.54, 1.807) is 19.2 Å². The second-order valence-corrected chi connectivity index (χ2v) is 3.41. The summed E-state index contributed by atoms with van der Waals surface area (Å²) >= 11 is 0. The molecule has 6 nitrogen and oxygen atoms in total. The number of nitrogens with zero attached hydrogens (tertiary/aromatic N) is 1. The van der Waals surface area contributed by atoms with E-state index in [1.807, 2.05) is 6.92 Å². The third-order valence-corrected chi connectivity index (χ3v) is 1.97. The lowest BCUT2D eigenvalue weighted by Gasteiger charge is -2.12. The number of carbonyl (C=O) groups is 1. The summed E-state index contributed by atoms with van der Waals surface area (Å²) in [5.41, 5.74) is 2.88. The van der Waals surface area contributed by atoms with Gasteiger partial charge in [-0.2, -0.15) is 0 Å². The first-order valence-electron chi connectivity index (χ1n) is 4.90. The topological polar surface area (TPSA) is 89.3 Å².